The zero-order valence-corrected chi connectivity index (χ0v) is 19.0. The van der Waals surface area contributed by atoms with Crippen LogP contribution in [0.5, 0.6) is 23.3 Å². The van der Waals surface area contributed by atoms with Gasteiger partial charge in [0.2, 0.25) is 17.7 Å². The number of hydrogen-bond acceptors (Lipinski definition) is 11. The summed E-state index contributed by atoms with van der Waals surface area (Å²) in [7, 11) is 1.27. The minimum absolute atomic E-state index is 0.0150. The van der Waals surface area contributed by atoms with Crippen LogP contribution >= 0.6 is 0 Å². The Kier molecular flexibility index (Phi) is 9.08. The van der Waals surface area contributed by atoms with E-state index in [1.54, 1.807) is 0 Å². The lowest BCUT2D eigenvalue weighted by atomic mass is 10.1. The number of amides is 2. The highest BCUT2D eigenvalue weighted by molar-refractivity contribution is 5.78. The van der Waals surface area contributed by atoms with Crippen LogP contribution in [0, 0.1) is 10.1 Å². The molecule has 1 aromatic heterocycles. The SMILES string of the molecule is COc1cc(C(C)OC(=O)On2c(O)ccc2O)c([N+](=O)[O-])cc1OCC(=O)NCCNC(C)=O. The fourth-order valence-electron chi connectivity index (χ4n) is 2.75. The molecule has 2 amide bonds. The molecule has 1 aromatic carbocycles. The summed E-state index contributed by atoms with van der Waals surface area (Å²) in [5.74, 6) is -2.06. The largest absolute Gasteiger partial charge is 0.534 e. The van der Waals surface area contributed by atoms with Gasteiger partial charge in [-0.05, 0) is 13.0 Å². The first-order valence-electron chi connectivity index (χ1n) is 10.0. The van der Waals surface area contributed by atoms with Gasteiger partial charge in [-0.3, -0.25) is 24.5 Å². The van der Waals surface area contributed by atoms with Gasteiger partial charge >= 0.3 is 6.16 Å². The summed E-state index contributed by atoms with van der Waals surface area (Å²) in [6.07, 6.45) is -2.61. The lowest BCUT2D eigenvalue weighted by Crippen LogP contribution is -2.36. The summed E-state index contributed by atoms with van der Waals surface area (Å²) in [5.41, 5.74) is -0.587. The number of carbonyl (C=O) groups excluding carboxylic acids is 3. The van der Waals surface area contributed by atoms with Crippen molar-refractivity contribution in [3.05, 3.63) is 39.9 Å². The molecule has 0 spiro atoms. The molecule has 2 aromatic rings. The van der Waals surface area contributed by atoms with Crippen LogP contribution in [-0.4, -0.2) is 64.6 Å². The molecule has 0 saturated heterocycles. The summed E-state index contributed by atoms with van der Waals surface area (Å²) in [4.78, 5) is 50.3. The van der Waals surface area contributed by atoms with Gasteiger partial charge in [0.25, 0.3) is 11.6 Å². The summed E-state index contributed by atoms with van der Waals surface area (Å²) in [5, 5.41) is 35.7. The van der Waals surface area contributed by atoms with Crippen molar-refractivity contribution in [2.24, 2.45) is 0 Å². The Morgan fingerprint density at radius 2 is 1.74 bits per heavy atom. The fraction of sp³-hybridized carbons (Fsp3) is 0.350. The van der Waals surface area contributed by atoms with Crippen molar-refractivity contribution in [2.75, 3.05) is 26.8 Å². The number of nitrogens with zero attached hydrogens (tertiary/aromatic N) is 2. The van der Waals surface area contributed by atoms with Crippen LogP contribution in [0.25, 0.3) is 0 Å². The van der Waals surface area contributed by atoms with Gasteiger partial charge in [-0.15, -0.1) is 4.73 Å². The second-order valence-corrected chi connectivity index (χ2v) is 6.89. The van der Waals surface area contributed by atoms with Gasteiger partial charge in [0.05, 0.1) is 23.7 Å². The molecule has 1 atom stereocenters. The highest BCUT2D eigenvalue weighted by Gasteiger charge is 2.27. The van der Waals surface area contributed by atoms with Gasteiger partial charge in [0.1, 0.15) is 6.10 Å². The molecular formula is C20H24N4O11. The fourth-order valence-corrected chi connectivity index (χ4v) is 2.75. The second-order valence-electron chi connectivity index (χ2n) is 6.89. The number of nitrogens with one attached hydrogen (secondary N) is 2. The second kappa shape index (κ2) is 12.0. The molecule has 0 aliphatic rings. The minimum atomic E-state index is -1.37. The van der Waals surface area contributed by atoms with Crippen molar-refractivity contribution in [3.8, 4) is 23.3 Å². The minimum Gasteiger partial charge on any atom is -0.493 e. The molecule has 1 heterocycles. The molecule has 35 heavy (non-hydrogen) atoms. The third-order valence-corrected chi connectivity index (χ3v) is 4.36. The topological polar surface area (TPSA) is 201 Å². The summed E-state index contributed by atoms with van der Waals surface area (Å²) < 4.78 is 15.9. The maximum atomic E-state index is 12.0. The van der Waals surface area contributed by atoms with Crippen LogP contribution < -0.4 is 24.9 Å². The number of aromatic nitrogens is 1. The van der Waals surface area contributed by atoms with Gasteiger partial charge in [-0.1, -0.05) is 0 Å². The van der Waals surface area contributed by atoms with Gasteiger partial charge in [-0.2, -0.15) is 0 Å². The Morgan fingerprint density at radius 3 is 2.31 bits per heavy atom. The zero-order chi connectivity index (χ0) is 26.1. The van der Waals surface area contributed by atoms with Crippen LogP contribution in [0.2, 0.25) is 0 Å². The van der Waals surface area contributed by atoms with E-state index in [0.29, 0.717) is 4.73 Å². The Morgan fingerprint density at radius 1 is 1.11 bits per heavy atom. The first-order valence-corrected chi connectivity index (χ1v) is 10.0. The number of hydrogen-bond donors (Lipinski definition) is 4. The number of carbonyl (C=O) groups is 3. The highest BCUT2D eigenvalue weighted by atomic mass is 16.8. The summed E-state index contributed by atoms with van der Waals surface area (Å²) in [6.45, 7) is 2.53. The van der Waals surface area contributed by atoms with Crippen molar-refractivity contribution in [3.63, 3.8) is 0 Å². The lowest BCUT2D eigenvalue weighted by molar-refractivity contribution is -0.386. The van der Waals surface area contributed by atoms with E-state index in [4.69, 9.17) is 14.2 Å². The molecular weight excluding hydrogens is 472 g/mol. The van der Waals surface area contributed by atoms with Crippen LogP contribution in [-0.2, 0) is 14.3 Å². The number of benzene rings is 1. The molecule has 2 rings (SSSR count). The number of rotatable bonds is 11. The molecule has 15 heteroatoms. The maximum Gasteiger partial charge on any atom is 0.534 e. The Bertz CT molecular complexity index is 1080. The average molecular weight is 496 g/mol. The van der Waals surface area contributed by atoms with E-state index in [1.807, 2.05) is 0 Å². The number of nitro benzene ring substituents is 1. The molecule has 0 radical (unpaired) electrons. The molecule has 0 aliphatic heterocycles. The van der Waals surface area contributed by atoms with Crippen molar-refractivity contribution in [1.82, 2.24) is 15.4 Å². The van der Waals surface area contributed by atoms with E-state index >= 15 is 0 Å². The number of aromatic hydroxyl groups is 2. The van der Waals surface area contributed by atoms with Gasteiger partial charge in [0, 0.05) is 32.1 Å². The first-order chi connectivity index (χ1) is 16.5. The van der Waals surface area contributed by atoms with Crippen LogP contribution in [0.3, 0.4) is 0 Å². The van der Waals surface area contributed by atoms with E-state index in [-0.39, 0.29) is 36.1 Å². The standard InChI is InChI=1S/C20H24N4O11/c1-11(34-20(29)35-23-18(27)4-5-19(23)28)13-8-15(32-3)16(9-14(13)24(30)31)33-10-17(26)22-7-6-21-12(2)25/h4-5,8-9,11,27-28H,6-7,10H2,1-3H3,(H,21,25)(H,22,26). The van der Waals surface area contributed by atoms with Crippen molar-refractivity contribution in [1.29, 1.82) is 0 Å². The Hall–Kier alpha value is -4.69. The normalized spacial score (nSPS) is 11.2. The monoisotopic (exact) mass is 496 g/mol. The van der Waals surface area contributed by atoms with E-state index in [2.05, 4.69) is 15.5 Å². The zero-order valence-electron chi connectivity index (χ0n) is 19.0. The predicted octanol–water partition coefficient (Wildman–Crippen LogP) is 0.774. The highest BCUT2D eigenvalue weighted by Crippen LogP contribution is 2.38. The maximum absolute atomic E-state index is 12.0. The van der Waals surface area contributed by atoms with Crippen molar-refractivity contribution in [2.45, 2.75) is 20.0 Å². The van der Waals surface area contributed by atoms with Crippen LogP contribution in [0.15, 0.2) is 24.3 Å². The summed E-state index contributed by atoms with van der Waals surface area (Å²) in [6, 6.07) is 4.33. The molecule has 0 bridgehead atoms. The average Bonchev–Trinajstić information content (AvgIpc) is 3.11. The molecule has 4 N–H and O–H groups in total. The molecule has 0 aliphatic carbocycles. The number of nitro groups is 1. The molecule has 0 fully saturated rings. The lowest BCUT2D eigenvalue weighted by Gasteiger charge is -2.17. The predicted molar refractivity (Wildman–Crippen MR) is 116 cm³/mol. The third-order valence-electron chi connectivity index (χ3n) is 4.36. The quantitative estimate of drug-likeness (QED) is 0.148. The molecule has 15 nitrogen and oxygen atoms in total. The van der Waals surface area contributed by atoms with Gasteiger partial charge in [-0.25, -0.2) is 4.79 Å². The Balaban J connectivity index is 2.11. The van der Waals surface area contributed by atoms with Crippen molar-refractivity contribution >= 4 is 23.7 Å². The Labute approximate surface area is 198 Å². The summed E-state index contributed by atoms with van der Waals surface area (Å²) >= 11 is 0. The van der Waals surface area contributed by atoms with Crippen LogP contribution in [0.1, 0.15) is 25.5 Å². The van der Waals surface area contributed by atoms with Gasteiger partial charge in [0.15, 0.2) is 18.1 Å². The van der Waals surface area contributed by atoms with E-state index in [0.717, 1.165) is 18.2 Å². The van der Waals surface area contributed by atoms with E-state index < -0.39 is 47.1 Å². The number of ether oxygens (including phenoxy) is 3. The molecule has 1 unspecified atom stereocenters. The first kappa shape index (κ1) is 26.6. The van der Waals surface area contributed by atoms with E-state index in [9.17, 15) is 34.7 Å². The van der Waals surface area contributed by atoms with Crippen LogP contribution in [0.4, 0.5) is 10.5 Å². The third kappa shape index (κ3) is 7.41. The van der Waals surface area contributed by atoms with Crippen molar-refractivity contribution < 1.29 is 48.6 Å². The van der Waals surface area contributed by atoms with E-state index in [1.165, 1.54) is 27.0 Å². The molecule has 190 valence electrons. The smallest absolute Gasteiger partial charge is 0.493 e. The molecule has 0 saturated carbocycles. The number of methoxy groups -OCH3 is 1. The van der Waals surface area contributed by atoms with Gasteiger partial charge < -0.3 is 35.1 Å².